The van der Waals surface area contributed by atoms with Gasteiger partial charge in [0.25, 0.3) is 0 Å². The van der Waals surface area contributed by atoms with Crippen LogP contribution in [0.3, 0.4) is 0 Å². The van der Waals surface area contributed by atoms with Crippen LogP contribution in [0.25, 0.3) is 10.9 Å². The number of fused-ring (bicyclic) bond motifs is 1. The van der Waals surface area contributed by atoms with Crippen LogP contribution >= 0.6 is 0 Å². The van der Waals surface area contributed by atoms with Gasteiger partial charge in [0.1, 0.15) is 18.6 Å². The lowest BCUT2D eigenvalue weighted by Gasteiger charge is -2.08. The fourth-order valence-corrected chi connectivity index (χ4v) is 2.14. The van der Waals surface area contributed by atoms with Crippen LogP contribution in [0.4, 0.5) is 0 Å². The molecule has 4 nitrogen and oxygen atoms in total. The predicted octanol–water partition coefficient (Wildman–Crippen LogP) is 2.93. The number of hydrogen-bond donors (Lipinski definition) is 0. The Hall–Kier alpha value is -2.62. The maximum atomic E-state index is 10.6. The molecule has 0 saturated carbocycles. The third-order valence-electron chi connectivity index (χ3n) is 3.19. The van der Waals surface area contributed by atoms with Crippen molar-refractivity contribution < 1.29 is 9.53 Å². The van der Waals surface area contributed by atoms with E-state index < -0.39 is 0 Å². The molecule has 0 amide bonds. The number of aromatic nitrogens is 2. The molecule has 0 aliphatic heterocycles. The predicted molar refractivity (Wildman–Crippen MR) is 77.1 cm³/mol. The summed E-state index contributed by atoms with van der Waals surface area (Å²) in [7, 11) is 0. The van der Waals surface area contributed by atoms with Gasteiger partial charge < -0.3 is 9.30 Å². The number of rotatable bonds is 5. The highest BCUT2D eigenvalue weighted by Gasteiger charge is 2.00. The topological polar surface area (TPSA) is 44.1 Å². The minimum atomic E-state index is 0.576. The van der Waals surface area contributed by atoms with E-state index in [4.69, 9.17) is 4.74 Å². The Balaban J connectivity index is 1.63. The summed E-state index contributed by atoms with van der Waals surface area (Å²) in [6, 6.07) is 11.1. The first-order valence-electron chi connectivity index (χ1n) is 6.44. The number of carbonyl (C=O) groups excluding carboxylic acids is 1. The molecule has 0 unspecified atom stereocenters. The van der Waals surface area contributed by atoms with Gasteiger partial charge in [-0.3, -0.25) is 9.78 Å². The molecule has 0 spiro atoms. The smallest absolute Gasteiger partial charge is 0.150 e. The molecule has 3 rings (SSSR count). The SMILES string of the molecule is O=Cc1ccc(OCCn2ccc3cnccc32)cc1. The second-order valence-corrected chi connectivity index (χ2v) is 4.48. The average Bonchev–Trinajstić information content (AvgIpc) is 2.92. The van der Waals surface area contributed by atoms with Gasteiger partial charge in [0.15, 0.2) is 0 Å². The number of ether oxygens (including phenoxy) is 1. The monoisotopic (exact) mass is 266 g/mol. The van der Waals surface area contributed by atoms with Crippen LogP contribution in [0.5, 0.6) is 5.75 Å². The molecule has 100 valence electrons. The van der Waals surface area contributed by atoms with E-state index in [1.807, 2.05) is 24.5 Å². The Kier molecular flexibility index (Phi) is 3.46. The molecular formula is C16H14N2O2. The van der Waals surface area contributed by atoms with Crippen molar-refractivity contribution in [1.82, 2.24) is 9.55 Å². The number of nitrogens with zero attached hydrogens (tertiary/aromatic N) is 2. The summed E-state index contributed by atoms with van der Waals surface area (Å²) < 4.78 is 7.81. The van der Waals surface area contributed by atoms with Crippen molar-refractivity contribution in [3.63, 3.8) is 0 Å². The van der Waals surface area contributed by atoms with Gasteiger partial charge in [0, 0.05) is 29.5 Å². The van der Waals surface area contributed by atoms with Gasteiger partial charge >= 0.3 is 0 Å². The third-order valence-corrected chi connectivity index (χ3v) is 3.19. The number of pyridine rings is 1. The molecule has 0 bridgehead atoms. The molecule has 2 aromatic heterocycles. The lowest BCUT2D eigenvalue weighted by Crippen LogP contribution is -2.07. The largest absolute Gasteiger partial charge is 0.492 e. The fraction of sp³-hybridized carbons (Fsp3) is 0.125. The Morgan fingerprint density at radius 2 is 2.00 bits per heavy atom. The lowest BCUT2D eigenvalue weighted by atomic mass is 10.2. The van der Waals surface area contributed by atoms with E-state index in [1.54, 1.807) is 30.5 Å². The summed E-state index contributed by atoms with van der Waals surface area (Å²) >= 11 is 0. The quantitative estimate of drug-likeness (QED) is 0.667. The zero-order chi connectivity index (χ0) is 13.8. The Morgan fingerprint density at radius 3 is 2.80 bits per heavy atom. The van der Waals surface area contributed by atoms with Crippen molar-refractivity contribution >= 4 is 17.2 Å². The molecule has 4 heteroatoms. The number of hydrogen-bond acceptors (Lipinski definition) is 3. The van der Waals surface area contributed by atoms with Crippen LogP contribution in [0, 0.1) is 0 Å². The van der Waals surface area contributed by atoms with Gasteiger partial charge in [-0.05, 0) is 36.4 Å². The summed E-state index contributed by atoms with van der Waals surface area (Å²) in [6.07, 6.45) is 6.50. The average molecular weight is 266 g/mol. The van der Waals surface area contributed by atoms with Crippen molar-refractivity contribution in [2.75, 3.05) is 6.61 Å². The molecule has 0 radical (unpaired) electrons. The molecule has 20 heavy (non-hydrogen) atoms. The van der Waals surface area contributed by atoms with Crippen LogP contribution in [0.1, 0.15) is 10.4 Å². The van der Waals surface area contributed by atoms with Gasteiger partial charge in [-0.25, -0.2) is 0 Å². The second kappa shape index (κ2) is 5.57. The van der Waals surface area contributed by atoms with Crippen LogP contribution < -0.4 is 4.74 Å². The molecule has 0 aliphatic rings. The van der Waals surface area contributed by atoms with Gasteiger partial charge in [-0.1, -0.05) is 0 Å². The summed E-state index contributed by atoms with van der Waals surface area (Å²) in [5, 5.41) is 1.13. The van der Waals surface area contributed by atoms with E-state index in [-0.39, 0.29) is 0 Å². The normalized spacial score (nSPS) is 10.6. The highest BCUT2D eigenvalue weighted by molar-refractivity contribution is 5.78. The highest BCUT2D eigenvalue weighted by Crippen LogP contribution is 2.14. The van der Waals surface area contributed by atoms with E-state index in [9.17, 15) is 4.79 Å². The Labute approximate surface area is 116 Å². The Bertz CT molecular complexity index is 717. The zero-order valence-corrected chi connectivity index (χ0v) is 10.9. The van der Waals surface area contributed by atoms with E-state index in [2.05, 4.69) is 9.55 Å². The molecule has 0 fully saturated rings. The van der Waals surface area contributed by atoms with Crippen LogP contribution in [0.2, 0.25) is 0 Å². The van der Waals surface area contributed by atoms with Gasteiger partial charge in [0.05, 0.1) is 12.1 Å². The van der Waals surface area contributed by atoms with Crippen LogP contribution in [-0.2, 0) is 6.54 Å². The van der Waals surface area contributed by atoms with Crippen molar-refractivity contribution in [3.8, 4) is 5.75 Å². The molecule has 0 atom stereocenters. The summed E-state index contributed by atoms with van der Waals surface area (Å²) in [5.41, 5.74) is 1.81. The standard InChI is InChI=1S/C16H14N2O2/c19-12-13-1-3-15(4-2-13)20-10-9-18-8-6-14-11-17-7-5-16(14)18/h1-8,11-12H,9-10H2. The summed E-state index contributed by atoms with van der Waals surface area (Å²) in [5.74, 6) is 0.772. The molecule has 0 N–H and O–H groups in total. The van der Waals surface area contributed by atoms with E-state index >= 15 is 0 Å². The molecule has 1 aromatic carbocycles. The van der Waals surface area contributed by atoms with E-state index in [0.717, 1.165) is 29.5 Å². The van der Waals surface area contributed by atoms with E-state index in [0.29, 0.717) is 12.2 Å². The van der Waals surface area contributed by atoms with Gasteiger partial charge in [-0.2, -0.15) is 0 Å². The van der Waals surface area contributed by atoms with Crippen LogP contribution in [0.15, 0.2) is 55.0 Å². The minimum Gasteiger partial charge on any atom is -0.492 e. The van der Waals surface area contributed by atoms with Crippen molar-refractivity contribution in [1.29, 1.82) is 0 Å². The molecular weight excluding hydrogens is 252 g/mol. The van der Waals surface area contributed by atoms with Crippen molar-refractivity contribution in [3.05, 3.63) is 60.6 Å². The molecule has 0 saturated heterocycles. The van der Waals surface area contributed by atoms with Crippen LogP contribution in [-0.4, -0.2) is 22.4 Å². The lowest BCUT2D eigenvalue weighted by molar-refractivity contribution is 0.112. The number of benzene rings is 1. The van der Waals surface area contributed by atoms with Crippen molar-refractivity contribution in [2.45, 2.75) is 6.54 Å². The first kappa shape index (κ1) is 12.4. The van der Waals surface area contributed by atoms with E-state index in [1.165, 1.54) is 0 Å². The first-order chi connectivity index (χ1) is 9.86. The van der Waals surface area contributed by atoms with Crippen molar-refractivity contribution in [2.24, 2.45) is 0 Å². The fourth-order valence-electron chi connectivity index (χ4n) is 2.14. The molecule has 3 aromatic rings. The van der Waals surface area contributed by atoms with Gasteiger partial charge in [-0.15, -0.1) is 0 Å². The second-order valence-electron chi connectivity index (χ2n) is 4.48. The number of carbonyl (C=O) groups is 1. The maximum Gasteiger partial charge on any atom is 0.150 e. The summed E-state index contributed by atoms with van der Waals surface area (Å²) in [6.45, 7) is 1.34. The zero-order valence-electron chi connectivity index (χ0n) is 10.9. The minimum absolute atomic E-state index is 0.576. The third kappa shape index (κ3) is 2.54. The highest BCUT2D eigenvalue weighted by atomic mass is 16.5. The molecule has 0 aliphatic carbocycles. The number of aldehydes is 1. The van der Waals surface area contributed by atoms with Gasteiger partial charge in [0.2, 0.25) is 0 Å². The Morgan fingerprint density at radius 1 is 1.15 bits per heavy atom. The summed E-state index contributed by atoms with van der Waals surface area (Å²) in [4.78, 5) is 14.7. The first-order valence-corrected chi connectivity index (χ1v) is 6.44. The maximum absolute atomic E-state index is 10.6. The molecule has 2 heterocycles.